The van der Waals surface area contributed by atoms with Crippen molar-refractivity contribution in [2.45, 2.75) is 13.2 Å². The number of hydrogen-bond acceptors (Lipinski definition) is 5. The summed E-state index contributed by atoms with van der Waals surface area (Å²) in [6, 6.07) is 16.5. The smallest absolute Gasteiger partial charge is 0.321 e. The first-order valence-corrected chi connectivity index (χ1v) is 8.39. The lowest BCUT2D eigenvalue weighted by molar-refractivity contribution is 0.185. The standard InChI is InChI=1S/C20H20N4O3/c1-26-14-16-5-2-4-15(12-16)13-23-19(25)24-17-6-8-18(9-7-17)27-20-21-10-3-11-22-20/h2-12H,13-14H2,1H3,(H2,23,24,25). The van der Waals surface area contributed by atoms with Crippen molar-refractivity contribution in [3.63, 3.8) is 0 Å². The highest BCUT2D eigenvalue weighted by Gasteiger charge is 2.04. The van der Waals surface area contributed by atoms with Gasteiger partial charge in [-0.1, -0.05) is 24.3 Å². The number of rotatable bonds is 7. The van der Waals surface area contributed by atoms with E-state index in [-0.39, 0.29) is 12.0 Å². The third kappa shape index (κ3) is 5.79. The summed E-state index contributed by atoms with van der Waals surface area (Å²) in [6.07, 6.45) is 3.21. The number of benzene rings is 2. The molecule has 7 nitrogen and oxygen atoms in total. The summed E-state index contributed by atoms with van der Waals surface area (Å²) in [5, 5.41) is 5.61. The maximum atomic E-state index is 12.1. The van der Waals surface area contributed by atoms with Gasteiger partial charge < -0.3 is 20.1 Å². The molecule has 2 amide bonds. The first-order valence-electron chi connectivity index (χ1n) is 8.39. The molecule has 0 saturated carbocycles. The summed E-state index contributed by atoms with van der Waals surface area (Å²) in [5.41, 5.74) is 2.73. The van der Waals surface area contributed by atoms with Gasteiger partial charge in [0.05, 0.1) is 6.61 Å². The maximum absolute atomic E-state index is 12.1. The molecule has 1 aromatic heterocycles. The number of carbonyl (C=O) groups excluding carboxylic acids is 1. The zero-order valence-electron chi connectivity index (χ0n) is 14.9. The Bertz CT molecular complexity index is 870. The minimum Gasteiger partial charge on any atom is -0.424 e. The van der Waals surface area contributed by atoms with Crippen LogP contribution in [0.4, 0.5) is 10.5 Å². The number of nitrogens with one attached hydrogen (secondary N) is 2. The number of nitrogens with zero attached hydrogens (tertiary/aromatic N) is 2. The van der Waals surface area contributed by atoms with E-state index in [4.69, 9.17) is 9.47 Å². The molecule has 1 heterocycles. The normalized spacial score (nSPS) is 10.3. The topological polar surface area (TPSA) is 85.4 Å². The van der Waals surface area contributed by atoms with Crippen molar-refractivity contribution in [1.29, 1.82) is 0 Å². The van der Waals surface area contributed by atoms with Crippen LogP contribution < -0.4 is 15.4 Å². The molecule has 0 atom stereocenters. The predicted octanol–water partition coefficient (Wildman–Crippen LogP) is 3.74. The Kier molecular flexibility index (Phi) is 6.32. The molecule has 0 spiro atoms. The zero-order valence-corrected chi connectivity index (χ0v) is 14.9. The highest BCUT2D eigenvalue weighted by molar-refractivity contribution is 5.89. The molecule has 0 saturated heterocycles. The summed E-state index contributed by atoms with van der Waals surface area (Å²) >= 11 is 0. The Morgan fingerprint density at radius 3 is 2.48 bits per heavy atom. The summed E-state index contributed by atoms with van der Waals surface area (Å²) < 4.78 is 10.6. The van der Waals surface area contributed by atoms with E-state index in [1.54, 1.807) is 49.8 Å². The maximum Gasteiger partial charge on any atom is 0.321 e. The molecule has 0 aliphatic carbocycles. The van der Waals surface area contributed by atoms with Crippen molar-refractivity contribution in [2.24, 2.45) is 0 Å². The molecule has 138 valence electrons. The van der Waals surface area contributed by atoms with E-state index in [2.05, 4.69) is 20.6 Å². The van der Waals surface area contributed by atoms with Gasteiger partial charge in [-0.2, -0.15) is 0 Å². The summed E-state index contributed by atoms with van der Waals surface area (Å²) in [7, 11) is 1.65. The molecular formula is C20H20N4O3. The van der Waals surface area contributed by atoms with E-state index in [0.717, 1.165) is 11.1 Å². The van der Waals surface area contributed by atoms with Crippen molar-refractivity contribution in [2.75, 3.05) is 12.4 Å². The van der Waals surface area contributed by atoms with Crippen LogP contribution in [0.25, 0.3) is 0 Å². The number of urea groups is 1. The second-order valence-electron chi connectivity index (χ2n) is 5.72. The van der Waals surface area contributed by atoms with Gasteiger partial charge in [0.15, 0.2) is 0 Å². The van der Waals surface area contributed by atoms with Gasteiger partial charge in [-0.05, 0) is 41.5 Å². The van der Waals surface area contributed by atoms with Crippen LogP contribution >= 0.6 is 0 Å². The number of aromatic nitrogens is 2. The Balaban J connectivity index is 1.50. The fraction of sp³-hybridized carbons (Fsp3) is 0.150. The van der Waals surface area contributed by atoms with Crippen molar-refractivity contribution in [1.82, 2.24) is 15.3 Å². The highest BCUT2D eigenvalue weighted by Crippen LogP contribution is 2.19. The lowest BCUT2D eigenvalue weighted by atomic mass is 10.1. The van der Waals surface area contributed by atoms with Gasteiger partial charge in [0.1, 0.15) is 5.75 Å². The van der Waals surface area contributed by atoms with Gasteiger partial charge in [0.2, 0.25) is 0 Å². The van der Waals surface area contributed by atoms with Crippen LogP contribution in [0.2, 0.25) is 0 Å². The molecule has 0 unspecified atom stereocenters. The van der Waals surface area contributed by atoms with E-state index >= 15 is 0 Å². The largest absolute Gasteiger partial charge is 0.424 e. The number of ether oxygens (including phenoxy) is 2. The molecule has 27 heavy (non-hydrogen) atoms. The monoisotopic (exact) mass is 364 g/mol. The third-order valence-electron chi connectivity index (χ3n) is 3.62. The first-order chi connectivity index (χ1) is 13.2. The van der Waals surface area contributed by atoms with E-state index in [9.17, 15) is 4.79 Å². The van der Waals surface area contributed by atoms with Crippen LogP contribution in [0, 0.1) is 0 Å². The molecule has 0 bridgehead atoms. The highest BCUT2D eigenvalue weighted by atomic mass is 16.5. The van der Waals surface area contributed by atoms with Gasteiger partial charge in [-0.15, -0.1) is 0 Å². The molecule has 0 aliphatic heterocycles. The zero-order chi connectivity index (χ0) is 18.9. The van der Waals surface area contributed by atoms with E-state index in [1.807, 2.05) is 24.3 Å². The Labute approximate surface area is 157 Å². The second kappa shape index (κ2) is 9.30. The third-order valence-corrected chi connectivity index (χ3v) is 3.62. The lowest BCUT2D eigenvalue weighted by Crippen LogP contribution is -2.28. The average molecular weight is 364 g/mol. The molecule has 2 N–H and O–H groups in total. The van der Waals surface area contributed by atoms with Crippen LogP contribution in [0.3, 0.4) is 0 Å². The predicted molar refractivity (Wildman–Crippen MR) is 102 cm³/mol. The Morgan fingerprint density at radius 2 is 1.74 bits per heavy atom. The Morgan fingerprint density at radius 1 is 1.00 bits per heavy atom. The quantitative estimate of drug-likeness (QED) is 0.667. The van der Waals surface area contributed by atoms with E-state index in [0.29, 0.717) is 24.6 Å². The molecule has 2 aromatic carbocycles. The van der Waals surface area contributed by atoms with Crippen molar-refractivity contribution in [3.8, 4) is 11.8 Å². The molecule has 0 fully saturated rings. The number of carbonyl (C=O) groups is 1. The molecular weight excluding hydrogens is 344 g/mol. The summed E-state index contributed by atoms with van der Waals surface area (Å²) in [5.74, 6) is 0.585. The van der Waals surface area contributed by atoms with E-state index in [1.165, 1.54) is 0 Å². The fourth-order valence-corrected chi connectivity index (χ4v) is 2.40. The summed E-state index contributed by atoms with van der Waals surface area (Å²) in [4.78, 5) is 20.1. The minimum atomic E-state index is -0.285. The average Bonchev–Trinajstić information content (AvgIpc) is 2.69. The SMILES string of the molecule is COCc1cccc(CNC(=O)Nc2ccc(Oc3ncccn3)cc2)c1. The number of hydrogen-bond donors (Lipinski definition) is 2. The van der Waals surface area contributed by atoms with Crippen molar-refractivity contribution >= 4 is 11.7 Å². The molecule has 0 aliphatic rings. The fourth-order valence-electron chi connectivity index (χ4n) is 2.40. The van der Waals surface area contributed by atoms with Crippen molar-refractivity contribution < 1.29 is 14.3 Å². The number of methoxy groups -OCH3 is 1. The second-order valence-corrected chi connectivity index (χ2v) is 5.72. The van der Waals surface area contributed by atoms with Crippen LogP contribution in [0.5, 0.6) is 11.8 Å². The van der Waals surface area contributed by atoms with Gasteiger partial charge in [0, 0.05) is 31.7 Å². The van der Waals surface area contributed by atoms with Crippen LogP contribution in [-0.4, -0.2) is 23.1 Å². The van der Waals surface area contributed by atoms with Crippen LogP contribution in [0.15, 0.2) is 67.0 Å². The van der Waals surface area contributed by atoms with Crippen LogP contribution in [-0.2, 0) is 17.9 Å². The van der Waals surface area contributed by atoms with Crippen molar-refractivity contribution in [3.05, 3.63) is 78.1 Å². The minimum absolute atomic E-state index is 0.270. The van der Waals surface area contributed by atoms with Gasteiger partial charge in [-0.25, -0.2) is 14.8 Å². The molecule has 3 aromatic rings. The van der Waals surface area contributed by atoms with Crippen LogP contribution in [0.1, 0.15) is 11.1 Å². The molecule has 3 rings (SSSR count). The first kappa shape index (κ1) is 18.3. The van der Waals surface area contributed by atoms with Gasteiger partial charge in [0.25, 0.3) is 0 Å². The Hall–Kier alpha value is -3.45. The number of amides is 2. The summed E-state index contributed by atoms with van der Waals surface area (Å²) in [6.45, 7) is 0.971. The molecule has 7 heteroatoms. The molecule has 0 radical (unpaired) electrons. The lowest BCUT2D eigenvalue weighted by Gasteiger charge is -2.09. The van der Waals surface area contributed by atoms with Gasteiger partial charge >= 0.3 is 12.0 Å². The van der Waals surface area contributed by atoms with Gasteiger partial charge in [-0.3, -0.25) is 0 Å². The number of anilines is 1. The van der Waals surface area contributed by atoms with E-state index < -0.39 is 0 Å².